The van der Waals surface area contributed by atoms with Gasteiger partial charge in [0.1, 0.15) is 5.82 Å². The van der Waals surface area contributed by atoms with Crippen LogP contribution >= 0.6 is 0 Å². The first-order valence-electron chi connectivity index (χ1n) is 5.10. The van der Waals surface area contributed by atoms with E-state index in [2.05, 4.69) is 15.3 Å². The molecule has 1 heterocycles. The minimum absolute atomic E-state index is 0.0514. The minimum atomic E-state index is -0.0514. The van der Waals surface area contributed by atoms with Gasteiger partial charge >= 0.3 is 0 Å². The SMILES string of the molecule is CCc1cc(=O)[nH]c(CNC2CC2)n1. The highest BCUT2D eigenvalue weighted by Gasteiger charge is 2.20. The van der Waals surface area contributed by atoms with Gasteiger partial charge in [0.2, 0.25) is 0 Å². The Kier molecular flexibility index (Phi) is 2.63. The van der Waals surface area contributed by atoms with Gasteiger partial charge in [-0.3, -0.25) is 4.79 Å². The third-order valence-corrected chi connectivity index (χ3v) is 2.34. The molecular formula is C10H15N3O. The summed E-state index contributed by atoms with van der Waals surface area (Å²) in [5.74, 6) is 0.751. The van der Waals surface area contributed by atoms with Crippen molar-refractivity contribution >= 4 is 0 Å². The van der Waals surface area contributed by atoms with Gasteiger partial charge in [-0.25, -0.2) is 4.98 Å². The molecule has 1 saturated carbocycles. The van der Waals surface area contributed by atoms with Crippen molar-refractivity contribution in [3.05, 3.63) is 27.9 Å². The van der Waals surface area contributed by atoms with Crippen molar-refractivity contribution in [3.8, 4) is 0 Å². The summed E-state index contributed by atoms with van der Waals surface area (Å²) < 4.78 is 0. The topological polar surface area (TPSA) is 57.8 Å². The van der Waals surface area contributed by atoms with E-state index in [1.165, 1.54) is 12.8 Å². The molecule has 2 N–H and O–H groups in total. The van der Waals surface area contributed by atoms with Gasteiger partial charge in [0, 0.05) is 17.8 Å². The number of nitrogens with zero attached hydrogens (tertiary/aromatic N) is 1. The fourth-order valence-electron chi connectivity index (χ4n) is 1.36. The van der Waals surface area contributed by atoms with E-state index in [0.29, 0.717) is 12.6 Å². The highest BCUT2D eigenvalue weighted by Crippen LogP contribution is 2.18. The molecule has 14 heavy (non-hydrogen) atoms. The van der Waals surface area contributed by atoms with Gasteiger partial charge in [-0.1, -0.05) is 6.92 Å². The lowest BCUT2D eigenvalue weighted by molar-refractivity contribution is 0.651. The standard InChI is InChI=1S/C10H15N3O/c1-2-7-5-10(14)13-9(12-7)6-11-8-3-4-8/h5,8,11H,2-4,6H2,1H3,(H,12,13,14). The molecule has 2 rings (SSSR count). The molecule has 0 bridgehead atoms. The van der Waals surface area contributed by atoms with E-state index in [1.54, 1.807) is 6.07 Å². The molecule has 4 nitrogen and oxygen atoms in total. The third-order valence-electron chi connectivity index (χ3n) is 2.34. The summed E-state index contributed by atoms with van der Waals surface area (Å²) in [5.41, 5.74) is 0.811. The molecule has 0 spiro atoms. The normalized spacial score (nSPS) is 15.8. The Morgan fingerprint density at radius 3 is 3.07 bits per heavy atom. The minimum Gasteiger partial charge on any atom is -0.309 e. The lowest BCUT2D eigenvalue weighted by atomic mass is 10.3. The Morgan fingerprint density at radius 2 is 2.43 bits per heavy atom. The fraction of sp³-hybridized carbons (Fsp3) is 0.600. The Morgan fingerprint density at radius 1 is 1.64 bits per heavy atom. The Balaban J connectivity index is 2.06. The number of rotatable bonds is 4. The van der Waals surface area contributed by atoms with Gasteiger partial charge < -0.3 is 10.3 Å². The van der Waals surface area contributed by atoms with Crippen molar-refractivity contribution in [2.75, 3.05) is 0 Å². The predicted octanol–water partition coefficient (Wildman–Crippen LogP) is 0.584. The zero-order chi connectivity index (χ0) is 9.97. The maximum Gasteiger partial charge on any atom is 0.251 e. The summed E-state index contributed by atoms with van der Waals surface area (Å²) >= 11 is 0. The lowest BCUT2D eigenvalue weighted by Gasteiger charge is -2.03. The molecular weight excluding hydrogens is 178 g/mol. The van der Waals surface area contributed by atoms with Crippen molar-refractivity contribution in [3.63, 3.8) is 0 Å². The van der Waals surface area contributed by atoms with E-state index in [9.17, 15) is 4.79 Å². The smallest absolute Gasteiger partial charge is 0.251 e. The third kappa shape index (κ3) is 2.42. The van der Waals surface area contributed by atoms with E-state index < -0.39 is 0 Å². The molecule has 4 heteroatoms. The van der Waals surface area contributed by atoms with Crippen LogP contribution in [0.1, 0.15) is 31.3 Å². The number of nitrogens with one attached hydrogen (secondary N) is 2. The first-order valence-corrected chi connectivity index (χ1v) is 5.10. The van der Waals surface area contributed by atoms with Crippen LogP contribution in [-0.2, 0) is 13.0 Å². The number of aryl methyl sites for hydroxylation is 1. The molecule has 0 aliphatic heterocycles. The molecule has 1 aromatic heterocycles. The molecule has 1 aromatic rings. The Bertz CT molecular complexity index is 368. The molecule has 0 atom stereocenters. The molecule has 1 aliphatic rings. The van der Waals surface area contributed by atoms with Gasteiger partial charge in [0.05, 0.1) is 6.54 Å². The van der Waals surface area contributed by atoms with E-state index in [0.717, 1.165) is 17.9 Å². The molecule has 0 amide bonds. The highest BCUT2D eigenvalue weighted by atomic mass is 16.1. The zero-order valence-electron chi connectivity index (χ0n) is 8.34. The lowest BCUT2D eigenvalue weighted by Crippen LogP contribution is -2.21. The monoisotopic (exact) mass is 193 g/mol. The van der Waals surface area contributed by atoms with Crippen LogP contribution in [0.2, 0.25) is 0 Å². The largest absolute Gasteiger partial charge is 0.309 e. The van der Waals surface area contributed by atoms with Crippen LogP contribution in [-0.4, -0.2) is 16.0 Å². The summed E-state index contributed by atoms with van der Waals surface area (Å²) in [6.45, 7) is 2.67. The second-order valence-electron chi connectivity index (χ2n) is 3.69. The number of hydrogen-bond acceptors (Lipinski definition) is 3. The van der Waals surface area contributed by atoms with Crippen molar-refractivity contribution in [1.82, 2.24) is 15.3 Å². The Labute approximate surface area is 82.8 Å². The summed E-state index contributed by atoms with van der Waals surface area (Å²) in [5, 5.41) is 3.32. The van der Waals surface area contributed by atoms with Crippen LogP contribution in [0.4, 0.5) is 0 Å². The average Bonchev–Trinajstić information content (AvgIpc) is 2.97. The van der Waals surface area contributed by atoms with Gasteiger partial charge in [-0.2, -0.15) is 0 Å². The van der Waals surface area contributed by atoms with Crippen LogP contribution < -0.4 is 10.9 Å². The quantitative estimate of drug-likeness (QED) is 0.735. The number of aromatic amines is 1. The van der Waals surface area contributed by atoms with Crippen molar-refractivity contribution in [2.45, 2.75) is 38.8 Å². The predicted molar refractivity (Wildman–Crippen MR) is 54.1 cm³/mol. The van der Waals surface area contributed by atoms with Crippen LogP contribution in [0.15, 0.2) is 10.9 Å². The maximum atomic E-state index is 11.2. The van der Waals surface area contributed by atoms with Crippen LogP contribution in [0.25, 0.3) is 0 Å². The molecule has 0 saturated heterocycles. The number of H-pyrrole nitrogens is 1. The van der Waals surface area contributed by atoms with Gasteiger partial charge in [-0.05, 0) is 19.3 Å². The molecule has 0 radical (unpaired) electrons. The first kappa shape index (κ1) is 9.40. The van der Waals surface area contributed by atoms with Crippen LogP contribution in [0.3, 0.4) is 0 Å². The van der Waals surface area contributed by atoms with Gasteiger partial charge in [-0.15, -0.1) is 0 Å². The van der Waals surface area contributed by atoms with E-state index in [1.807, 2.05) is 6.92 Å². The number of aromatic nitrogens is 2. The Hall–Kier alpha value is -1.16. The second-order valence-corrected chi connectivity index (χ2v) is 3.69. The molecule has 0 aromatic carbocycles. The van der Waals surface area contributed by atoms with E-state index in [4.69, 9.17) is 0 Å². The molecule has 76 valence electrons. The second kappa shape index (κ2) is 3.92. The van der Waals surface area contributed by atoms with E-state index >= 15 is 0 Å². The van der Waals surface area contributed by atoms with E-state index in [-0.39, 0.29) is 5.56 Å². The number of hydrogen-bond donors (Lipinski definition) is 2. The summed E-state index contributed by atoms with van der Waals surface area (Å²) in [6.07, 6.45) is 3.30. The average molecular weight is 193 g/mol. The zero-order valence-corrected chi connectivity index (χ0v) is 8.34. The first-order chi connectivity index (χ1) is 6.78. The maximum absolute atomic E-state index is 11.2. The summed E-state index contributed by atoms with van der Waals surface area (Å²) in [7, 11) is 0. The summed E-state index contributed by atoms with van der Waals surface area (Å²) in [4.78, 5) is 18.3. The molecule has 1 aliphatic carbocycles. The highest BCUT2D eigenvalue weighted by molar-refractivity contribution is 5.02. The summed E-state index contributed by atoms with van der Waals surface area (Å²) in [6, 6.07) is 2.20. The van der Waals surface area contributed by atoms with Gasteiger partial charge in [0.25, 0.3) is 5.56 Å². The van der Waals surface area contributed by atoms with Crippen molar-refractivity contribution < 1.29 is 0 Å². The van der Waals surface area contributed by atoms with Gasteiger partial charge in [0.15, 0.2) is 0 Å². The van der Waals surface area contributed by atoms with Crippen molar-refractivity contribution in [2.24, 2.45) is 0 Å². The van der Waals surface area contributed by atoms with Crippen LogP contribution in [0, 0.1) is 0 Å². The van der Waals surface area contributed by atoms with Crippen molar-refractivity contribution in [1.29, 1.82) is 0 Å². The fourth-order valence-corrected chi connectivity index (χ4v) is 1.36. The van der Waals surface area contributed by atoms with Crippen LogP contribution in [0.5, 0.6) is 0 Å². The molecule has 0 unspecified atom stereocenters. The molecule has 1 fully saturated rings.